The summed E-state index contributed by atoms with van der Waals surface area (Å²) < 4.78 is 12.6. The molecule has 3 aromatic carbocycles. The molecule has 0 saturated heterocycles. The van der Waals surface area contributed by atoms with Gasteiger partial charge in [0.05, 0.1) is 19.7 Å². The third kappa shape index (κ3) is 6.09. The van der Waals surface area contributed by atoms with Gasteiger partial charge >= 0.3 is 0 Å². The second-order valence-electron chi connectivity index (χ2n) is 10.2. The van der Waals surface area contributed by atoms with E-state index in [0.29, 0.717) is 40.7 Å². The second kappa shape index (κ2) is 12.6. The van der Waals surface area contributed by atoms with E-state index in [1.165, 1.54) is 0 Å². The Morgan fingerprint density at radius 2 is 1.73 bits per heavy atom. The van der Waals surface area contributed by atoms with Crippen LogP contribution in [0.2, 0.25) is 0 Å². The number of aryl methyl sites for hydroxylation is 1. The number of amides is 2. The second-order valence-corrected chi connectivity index (χ2v) is 10.2. The van der Waals surface area contributed by atoms with Gasteiger partial charge < -0.3 is 14.8 Å². The predicted octanol–water partition coefficient (Wildman–Crippen LogP) is 5.00. The van der Waals surface area contributed by atoms with E-state index in [4.69, 9.17) is 9.47 Å². The highest BCUT2D eigenvalue weighted by Crippen LogP contribution is 2.36. The molecule has 0 aliphatic rings. The van der Waals surface area contributed by atoms with E-state index in [9.17, 15) is 9.59 Å². The number of nitrogens with one attached hydrogen (secondary N) is 1. The number of ether oxygens (including phenoxy) is 2. The molecular formula is C31H37N5O4. The summed E-state index contributed by atoms with van der Waals surface area (Å²) in [6.07, 6.45) is 0.812. The van der Waals surface area contributed by atoms with Gasteiger partial charge in [-0.1, -0.05) is 49.4 Å². The number of para-hydroxylation sites is 1. The van der Waals surface area contributed by atoms with Gasteiger partial charge in [-0.3, -0.25) is 14.5 Å². The number of fused-ring (bicyclic) bond motifs is 1. The molecule has 4 rings (SSSR count). The van der Waals surface area contributed by atoms with Crippen molar-refractivity contribution in [3.05, 3.63) is 77.4 Å². The predicted molar refractivity (Wildman–Crippen MR) is 156 cm³/mol. The summed E-state index contributed by atoms with van der Waals surface area (Å²) in [4.78, 5) is 29.9. The smallest absolute Gasteiger partial charge is 0.249 e. The number of carbonyl (C=O) groups excluding carboxylic acids is 2. The Hall–Kier alpha value is -4.40. The molecule has 1 atom stereocenters. The zero-order chi connectivity index (χ0) is 28.8. The lowest BCUT2D eigenvalue weighted by molar-refractivity contribution is -0.127. The maximum absolute atomic E-state index is 14.3. The number of rotatable bonds is 11. The average molecular weight is 544 g/mol. The molecule has 1 unspecified atom stereocenters. The molecule has 0 aliphatic heterocycles. The van der Waals surface area contributed by atoms with Crippen LogP contribution in [0.25, 0.3) is 11.0 Å². The molecule has 40 heavy (non-hydrogen) atoms. The normalized spacial score (nSPS) is 11.9. The number of methoxy groups -OCH3 is 2. The van der Waals surface area contributed by atoms with Crippen LogP contribution in [0.4, 0.5) is 5.69 Å². The molecule has 1 heterocycles. The Morgan fingerprint density at radius 1 is 0.975 bits per heavy atom. The number of hydrogen-bond donors (Lipinski definition) is 1. The first kappa shape index (κ1) is 28.6. The summed E-state index contributed by atoms with van der Waals surface area (Å²) in [6.45, 7) is 8.54. The molecule has 2 amide bonds. The van der Waals surface area contributed by atoms with Crippen molar-refractivity contribution in [2.75, 3.05) is 25.7 Å². The Balaban J connectivity index is 1.85. The third-order valence-corrected chi connectivity index (χ3v) is 7.06. The van der Waals surface area contributed by atoms with E-state index in [1.54, 1.807) is 42.0 Å². The van der Waals surface area contributed by atoms with Gasteiger partial charge in [0, 0.05) is 12.2 Å². The van der Waals surface area contributed by atoms with Gasteiger partial charge in [-0.05, 0) is 73.2 Å². The van der Waals surface area contributed by atoms with Crippen LogP contribution in [0.3, 0.4) is 0 Å². The lowest BCUT2D eigenvalue weighted by Crippen LogP contribution is -2.46. The summed E-state index contributed by atoms with van der Waals surface area (Å²) >= 11 is 0. The first-order valence-corrected chi connectivity index (χ1v) is 13.4. The van der Waals surface area contributed by atoms with E-state index >= 15 is 0 Å². The van der Waals surface area contributed by atoms with Crippen LogP contribution in [0.15, 0.2) is 60.7 Å². The van der Waals surface area contributed by atoms with E-state index < -0.39 is 6.04 Å². The Kier molecular flexibility index (Phi) is 9.04. The van der Waals surface area contributed by atoms with Gasteiger partial charge in [0.15, 0.2) is 11.5 Å². The first-order valence-electron chi connectivity index (χ1n) is 13.4. The number of benzene rings is 3. The molecule has 0 radical (unpaired) electrons. The molecule has 0 spiro atoms. The Labute approximate surface area is 235 Å². The van der Waals surface area contributed by atoms with Crippen LogP contribution < -0.4 is 19.7 Å². The molecule has 0 aliphatic carbocycles. The molecular weight excluding hydrogens is 506 g/mol. The lowest BCUT2D eigenvalue weighted by atomic mass is 9.99. The number of carbonyl (C=O) groups is 2. The van der Waals surface area contributed by atoms with Crippen molar-refractivity contribution < 1.29 is 19.1 Å². The van der Waals surface area contributed by atoms with Crippen molar-refractivity contribution >= 4 is 28.5 Å². The van der Waals surface area contributed by atoms with Crippen LogP contribution >= 0.6 is 0 Å². The molecule has 1 N–H and O–H groups in total. The highest BCUT2D eigenvalue weighted by molar-refractivity contribution is 6.02. The number of hydrogen-bond acceptors (Lipinski definition) is 6. The number of aromatic nitrogens is 3. The van der Waals surface area contributed by atoms with Crippen molar-refractivity contribution in [1.82, 2.24) is 20.3 Å². The fourth-order valence-electron chi connectivity index (χ4n) is 4.67. The van der Waals surface area contributed by atoms with Crippen LogP contribution in [-0.2, 0) is 16.1 Å². The SMILES string of the molecule is COc1ccc(C(C(=O)NCCC(C)C)N(C(=O)Cn2nnc3ccccc32)c2cccc(C)c2C)cc1OC. The van der Waals surface area contributed by atoms with Gasteiger partial charge in [-0.15, -0.1) is 5.10 Å². The minimum Gasteiger partial charge on any atom is -0.493 e. The zero-order valence-corrected chi connectivity index (χ0v) is 24.0. The van der Waals surface area contributed by atoms with Crippen molar-refractivity contribution in [3.8, 4) is 11.5 Å². The Morgan fingerprint density at radius 3 is 2.45 bits per heavy atom. The van der Waals surface area contributed by atoms with E-state index in [-0.39, 0.29) is 18.4 Å². The number of nitrogens with zero attached hydrogens (tertiary/aromatic N) is 4. The molecule has 0 fully saturated rings. The van der Waals surface area contributed by atoms with Crippen LogP contribution in [0, 0.1) is 19.8 Å². The molecule has 9 nitrogen and oxygen atoms in total. The minimum atomic E-state index is -0.977. The largest absolute Gasteiger partial charge is 0.493 e. The highest BCUT2D eigenvalue weighted by Gasteiger charge is 2.35. The summed E-state index contributed by atoms with van der Waals surface area (Å²) in [7, 11) is 3.10. The van der Waals surface area contributed by atoms with Crippen molar-refractivity contribution in [3.63, 3.8) is 0 Å². The van der Waals surface area contributed by atoms with Gasteiger partial charge in [0.2, 0.25) is 11.8 Å². The van der Waals surface area contributed by atoms with Crippen LogP contribution in [-0.4, -0.2) is 47.6 Å². The van der Waals surface area contributed by atoms with Gasteiger partial charge in [-0.25, -0.2) is 4.68 Å². The average Bonchev–Trinajstić information content (AvgIpc) is 3.35. The summed E-state index contributed by atoms with van der Waals surface area (Å²) in [5.41, 5.74) is 4.58. The van der Waals surface area contributed by atoms with Crippen molar-refractivity contribution in [2.24, 2.45) is 5.92 Å². The maximum atomic E-state index is 14.3. The van der Waals surface area contributed by atoms with Crippen molar-refractivity contribution in [1.29, 1.82) is 0 Å². The monoisotopic (exact) mass is 543 g/mol. The molecule has 1 aromatic heterocycles. The zero-order valence-electron chi connectivity index (χ0n) is 24.0. The Bertz CT molecular complexity index is 1500. The molecule has 9 heteroatoms. The van der Waals surface area contributed by atoms with E-state index in [2.05, 4.69) is 29.5 Å². The molecule has 4 aromatic rings. The fourth-order valence-corrected chi connectivity index (χ4v) is 4.67. The van der Waals surface area contributed by atoms with Crippen LogP contribution in [0.5, 0.6) is 11.5 Å². The maximum Gasteiger partial charge on any atom is 0.249 e. The van der Waals surface area contributed by atoms with E-state index in [0.717, 1.165) is 23.1 Å². The van der Waals surface area contributed by atoms with Gasteiger partial charge in [0.1, 0.15) is 18.1 Å². The highest BCUT2D eigenvalue weighted by atomic mass is 16.5. The molecule has 0 bridgehead atoms. The van der Waals surface area contributed by atoms with E-state index in [1.807, 2.05) is 56.3 Å². The lowest BCUT2D eigenvalue weighted by Gasteiger charge is -2.33. The third-order valence-electron chi connectivity index (χ3n) is 7.06. The summed E-state index contributed by atoms with van der Waals surface area (Å²) in [5, 5.41) is 11.5. The molecule has 210 valence electrons. The van der Waals surface area contributed by atoms with Crippen molar-refractivity contribution in [2.45, 2.75) is 46.7 Å². The van der Waals surface area contributed by atoms with Crippen LogP contribution in [0.1, 0.15) is 43.0 Å². The van der Waals surface area contributed by atoms with Gasteiger partial charge in [0.25, 0.3) is 0 Å². The quantitative estimate of drug-likeness (QED) is 0.286. The minimum absolute atomic E-state index is 0.100. The molecule has 0 saturated carbocycles. The fraction of sp³-hybridized carbons (Fsp3) is 0.355. The van der Waals surface area contributed by atoms with Gasteiger partial charge in [-0.2, -0.15) is 0 Å². The standard InChI is InChI=1S/C31H37N5O4/c1-20(2)16-17-32-31(38)30(23-14-15-27(39-5)28(18-23)40-6)36(25-13-9-10-21(3)22(25)4)29(37)19-35-26-12-8-7-11-24(26)33-34-35/h7-15,18,20,30H,16-17,19H2,1-6H3,(H,32,38). The topological polar surface area (TPSA) is 98.6 Å². The summed E-state index contributed by atoms with van der Waals surface area (Å²) in [6, 6.07) is 17.5. The first-order chi connectivity index (χ1) is 19.2. The number of anilines is 1. The summed E-state index contributed by atoms with van der Waals surface area (Å²) in [5.74, 6) is 0.824.